The van der Waals surface area contributed by atoms with Crippen LogP contribution in [-0.2, 0) is 4.79 Å². The second-order valence-electron chi connectivity index (χ2n) is 4.64. The van der Waals surface area contributed by atoms with Crippen molar-refractivity contribution in [1.29, 1.82) is 0 Å². The SMILES string of the molecule is CN(C)CCNC1CCC(C(=O)O)CC1. The van der Waals surface area contributed by atoms with Gasteiger partial charge in [0, 0.05) is 19.1 Å². The molecule has 1 fully saturated rings. The lowest BCUT2D eigenvalue weighted by Crippen LogP contribution is -2.38. The second kappa shape index (κ2) is 6.08. The summed E-state index contributed by atoms with van der Waals surface area (Å²) < 4.78 is 0. The van der Waals surface area contributed by atoms with Crippen LogP contribution < -0.4 is 5.32 Å². The number of nitrogens with zero attached hydrogens (tertiary/aromatic N) is 1. The zero-order chi connectivity index (χ0) is 11.3. The molecule has 1 aliphatic carbocycles. The van der Waals surface area contributed by atoms with E-state index in [0.717, 1.165) is 38.8 Å². The van der Waals surface area contributed by atoms with Crippen LogP contribution in [0.4, 0.5) is 0 Å². The van der Waals surface area contributed by atoms with Gasteiger partial charge in [-0.1, -0.05) is 0 Å². The molecule has 0 amide bonds. The fourth-order valence-electron chi connectivity index (χ4n) is 2.04. The van der Waals surface area contributed by atoms with Crippen molar-refractivity contribution in [2.45, 2.75) is 31.7 Å². The first-order chi connectivity index (χ1) is 7.09. The number of carboxylic acid groups (broad SMARTS) is 1. The number of carboxylic acids is 1. The Bertz CT molecular complexity index is 199. The normalized spacial score (nSPS) is 26.9. The van der Waals surface area contributed by atoms with Gasteiger partial charge in [-0.05, 0) is 39.8 Å². The highest BCUT2D eigenvalue weighted by molar-refractivity contribution is 5.70. The van der Waals surface area contributed by atoms with Gasteiger partial charge in [-0.15, -0.1) is 0 Å². The number of nitrogens with one attached hydrogen (secondary N) is 1. The lowest BCUT2D eigenvalue weighted by Gasteiger charge is -2.27. The number of likely N-dealkylation sites (N-methyl/N-ethyl adjacent to an activating group) is 1. The molecular weight excluding hydrogens is 192 g/mol. The summed E-state index contributed by atoms with van der Waals surface area (Å²) >= 11 is 0. The minimum absolute atomic E-state index is 0.100. The van der Waals surface area contributed by atoms with Crippen LogP contribution in [0.25, 0.3) is 0 Å². The van der Waals surface area contributed by atoms with Crippen molar-refractivity contribution in [3.63, 3.8) is 0 Å². The number of hydrogen-bond acceptors (Lipinski definition) is 3. The Kier molecular flexibility index (Phi) is 5.05. The third-order valence-electron chi connectivity index (χ3n) is 3.07. The van der Waals surface area contributed by atoms with Crippen LogP contribution in [0.1, 0.15) is 25.7 Å². The van der Waals surface area contributed by atoms with Gasteiger partial charge in [0.1, 0.15) is 0 Å². The van der Waals surface area contributed by atoms with E-state index in [2.05, 4.69) is 24.3 Å². The molecule has 1 rings (SSSR count). The van der Waals surface area contributed by atoms with Gasteiger partial charge in [0.05, 0.1) is 5.92 Å². The van der Waals surface area contributed by atoms with Crippen LogP contribution in [0, 0.1) is 5.92 Å². The zero-order valence-electron chi connectivity index (χ0n) is 9.70. The summed E-state index contributed by atoms with van der Waals surface area (Å²) in [6, 6.07) is 0.528. The van der Waals surface area contributed by atoms with Crippen molar-refractivity contribution in [2.75, 3.05) is 27.2 Å². The summed E-state index contributed by atoms with van der Waals surface area (Å²) in [6.45, 7) is 2.04. The highest BCUT2D eigenvalue weighted by Crippen LogP contribution is 2.24. The maximum absolute atomic E-state index is 10.7. The van der Waals surface area contributed by atoms with Crippen molar-refractivity contribution in [3.8, 4) is 0 Å². The Labute approximate surface area is 91.6 Å². The van der Waals surface area contributed by atoms with E-state index in [9.17, 15) is 4.79 Å². The fourth-order valence-corrected chi connectivity index (χ4v) is 2.04. The van der Waals surface area contributed by atoms with Crippen LogP contribution >= 0.6 is 0 Å². The van der Waals surface area contributed by atoms with Crippen molar-refractivity contribution < 1.29 is 9.90 Å². The second-order valence-corrected chi connectivity index (χ2v) is 4.64. The smallest absolute Gasteiger partial charge is 0.306 e. The van der Waals surface area contributed by atoms with Crippen molar-refractivity contribution in [2.24, 2.45) is 5.92 Å². The Balaban J connectivity index is 2.12. The molecule has 4 heteroatoms. The van der Waals surface area contributed by atoms with Gasteiger partial charge in [0.25, 0.3) is 0 Å². The molecule has 0 atom stereocenters. The van der Waals surface area contributed by atoms with Crippen molar-refractivity contribution in [3.05, 3.63) is 0 Å². The van der Waals surface area contributed by atoms with Crippen LogP contribution in [0.3, 0.4) is 0 Å². The van der Waals surface area contributed by atoms with Gasteiger partial charge in [-0.25, -0.2) is 0 Å². The number of hydrogen-bond donors (Lipinski definition) is 2. The number of carbonyl (C=O) groups is 1. The zero-order valence-corrected chi connectivity index (χ0v) is 9.70. The first kappa shape index (κ1) is 12.5. The predicted octanol–water partition coefficient (Wildman–Crippen LogP) is 0.781. The average Bonchev–Trinajstić information content (AvgIpc) is 2.18. The van der Waals surface area contributed by atoms with Gasteiger partial charge in [0.15, 0.2) is 0 Å². The molecule has 0 aromatic carbocycles. The molecule has 0 heterocycles. The number of rotatable bonds is 5. The summed E-state index contributed by atoms with van der Waals surface area (Å²) in [5, 5.41) is 12.3. The third kappa shape index (κ3) is 4.62. The summed E-state index contributed by atoms with van der Waals surface area (Å²) in [7, 11) is 4.12. The van der Waals surface area contributed by atoms with E-state index < -0.39 is 5.97 Å². The molecule has 88 valence electrons. The van der Waals surface area contributed by atoms with Gasteiger partial charge in [0.2, 0.25) is 0 Å². The van der Waals surface area contributed by atoms with Crippen LogP contribution in [0.5, 0.6) is 0 Å². The number of aliphatic carboxylic acids is 1. The van der Waals surface area contributed by atoms with Crippen molar-refractivity contribution in [1.82, 2.24) is 10.2 Å². The van der Waals surface area contributed by atoms with E-state index in [0.29, 0.717) is 6.04 Å². The van der Waals surface area contributed by atoms with Crippen molar-refractivity contribution >= 4 is 5.97 Å². The van der Waals surface area contributed by atoms with Gasteiger partial charge >= 0.3 is 5.97 Å². The third-order valence-corrected chi connectivity index (χ3v) is 3.07. The molecular formula is C11H22N2O2. The van der Waals surface area contributed by atoms with E-state index in [1.165, 1.54) is 0 Å². The average molecular weight is 214 g/mol. The molecule has 15 heavy (non-hydrogen) atoms. The van der Waals surface area contributed by atoms with E-state index in [1.54, 1.807) is 0 Å². The molecule has 0 bridgehead atoms. The van der Waals surface area contributed by atoms with E-state index in [4.69, 9.17) is 5.11 Å². The summed E-state index contributed by atoms with van der Waals surface area (Å²) in [5.41, 5.74) is 0. The molecule has 2 N–H and O–H groups in total. The Morgan fingerprint density at radius 3 is 2.40 bits per heavy atom. The largest absolute Gasteiger partial charge is 0.481 e. The summed E-state index contributed by atoms with van der Waals surface area (Å²) in [5.74, 6) is -0.723. The van der Waals surface area contributed by atoms with E-state index in [-0.39, 0.29) is 5.92 Å². The summed E-state index contributed by atoms with van der Waals surface area (Å²) in [4.78, 5) is 12.9. The van der Waals surface area contributed by atoms with Crippen LogP contribution in [0.2, 0.25) is 0 Å². The molecule has 0 aromatic rings. The van der Waals surface area contributed by atoms with Crippen LogP contribution in [0.15, 0.2) is 0 Å². The Morgan fingerprint density at radius 1 is 1.33 bits per heavy atom. The lowest BCUT2D eigenvalue weighted by molar-refractivity contribution is -0.142. The molecule has 1 aliphatic rings. The molecule has 0 unspecified atom stereocenters. The van der Waals surface area contributed by atoms with Crippen LogP contribution in [-0.4, -0.2) is 49.2 Å². The Morgan fingerprint density at radius 2 is 1.93 bits per heavy atom. The summed E-state index contributed by atoms with van der Waals surface area (Å²) in [6.07, 6.45) is 3.67. The highest BCUT2D eigenvalue weighted by Gasteiger charge is 2.25. The first-order valence-corrected chi connectivity index (χ1v) is 5.70. The predicted molar refractivity (Wildman–Crippen MR) is 59.9 cm³/mol. The van der Waals surface area contributed by atoms with Gasteiger partial charge in [-0.3, -0.25) is 4.79 Å². The van der Waals surface area contributed by atoms with Gasteiger partial charge < -0.3 is 15.3 Å². The van der Waals surface area contributed by atoms with E-state index >= 15 is 0 Å². The standard InChI is InChI=1S/C11H22N2O2/c1-13(2)8-7-12-10-5-3-9(4-6-10)11(14)15/h9-10,12H,3-8H2,1-2H3,(H,14,15). The quantitative estimate of drug-likeness (QED) is 0.710. The maximum atomic E-state index is 10.7. The fraction of sp³-hybridized carbons (Fsp3) is 0.909. The molecule has 0 spiro atoms. The first-order valence-electron chi connectivity index (χ1n) is 5.70. The van der Waals surface area contributed by atoms with E-state index in [1.807, 2.05) is 0 Å². The molecule has 0 aliphatic heterocycles. The highest BCUT2D eigenvalue weighted by atomic mass is 16.4. The molecule has 4 nitrogen and oxygen atoms in total. The molecule has 1 saturated carbocycles. The van der Waals surface area contributed by atoms with Gasteiger partial charge in [-0.2, -0.15) is 0 Å². The molecule has 0 radical (unpaired) electrons. The lowest BCUT2D eigenvalue weighted by atomic mass is 9.86. The topological polar surface area (TPSA) is 52.6 Å². The minimum Gasteiger partial charge on any atom is -0.481 e. The maximum Gasteiger partial charge on any atom is 0.306 e. The Hall–Kier alpha value is -0.610. The molecule has 0 saturated heterocycles. The molecule has 0 aromatic heterocycles. The monoisotopic (exact) mass is 214 g/mol. The minimum atomic E-state index is -0.623.